The summed E-state index contributed by atoms with van der Waals surface area (Å²) >= 11 is 0. The Hall–Kier alpha value is -2.67. The number of carbonyl (C=O) groups excluding carboxylic acids is 1. The van der Waals surface area contributed by atoms with Gasteiger partial charge in [-0.25, -0.2) is 0 Å². The molecule has 0 unspecified atom stereocenters. The molecule has 0 aromatic heterocycles. The lowest BCUT2D eigenvalue weighted by atomic mass is 9.88. The first-order valence-electron chi connectivity index (χ1n) is 10.5. The van der Waals surface area contributed by atoms with Crippen LogP contribution < -0.4 is 0 Å². The van der Waals surface area contributed by atoms with Gasteiger partial charge in [-0.1, -0.05) is 71.8 Å². The summed E-state index contributed by atoms with van der Waals surface area (Å²) in [6.07, 6.45) is 11.8. The molecule has 0 amide bonds. The van der Waals surface area contributed by atoms with Crippen LogP contribution in [-0.4, -0.2) is 5.78 Å². The molecule has 2 aromatic carbocycles. The first-order valence-corrected chi connectivity index (χ1v) is 10.5. The van der Waals surface area contributed by atoms with Gasteiger partial charge < -0.3 is 0 Å². The zero-order chi connectivity index (χ0) is 21.4. The molecule has 152 valence electrons. The van der Waals surface area contributed by atoms with Gasteiger partial charge in [0.2, 0.25) is 0 Å². The van der Waals surface area contributed by atoms with Crippen LogP contribution in [0.25, 0.3) is 12.2 Å². The molecule has 0 aliphatic carbocycles. The molecule has 0 bridgehead atoms. The second-order valence-corrected chi connectivity index (χ2v) is 8.14. The van der Waals surface area contributed by atoms with Crippen molar-refractivity contribution in [3.63, 3.8) is 0 Å². The van der Waals surface area contributed by atoms with E-state index < -0.39 is 0 Å². The van der Waals surface area contributed by atoms with Gasteiger partial charge in [0, 0.05) is 5.56 Å². The van der Waals surface area contributed by atoms with E-state index in [0.717, 1.165) is 41.5 Å². The van der Waals surface area contributed by atoms with Gasteiger partial charge in [-0.2, -0.15) is 0 Å². The summed E-state index contributed by atoms with van der Waals surface area (Å²) in [5.41, 5.74) is 9.38. The molecule has 0 radical (unpaired) electrons. The number of hydrogen-bond acceptors (Lipinski definition) is 1. The van der Waals surface area contributed by atoms with Crippen LogP contribution in [0, 0.1) is 13.8 Å². The summed E-state index contributed by atoms with van der Waals surface area (Å²) in [6, 6.07) is 12.4. The highest BCUT2D eigenvalue weighted by Gasteiger charge is 2.14. The van der Waals surface area contributed by atoms with Crippen LogP contribution in [-0.2, 0) is 6.42 Å². The van der Waals surface area contributed by atoms with Crippen LogP contribution in [0.4, 0.5) is 0 Å². The highest BCUT2D eigenvalue weighted by Crippen LogP contribution is 2.26. The molecule has 0 fully saturated rings. The lowest BCUT2D eigenvalue weighted by molar-refractivity contribution is 0.101. The molecule has 0 saturated carbocycles. The normalized spacial score (nSPS) is 11.7. The van der Waals surface area contributed by atoms with Crippen molar-refractivity contribution in [3.8, 4) is 0 Å². The van der Waals surface area contributed by atoms with Gasteiger partial charge in [-0.15, -0.1) is 0 Å². The minimum absolute atomic E-state index is 0.126. The summed E-state index contributed by atoms with van der Waals surface area (Å²) in [5.74, 6) is 0.126. The first kappa shape index (κ1) is 22.6. The number of benzene rings is 2. The van der Waals surface area contributed by atoms with E-state index >= 15 is 0 Å². The van der Waals surface area contributed by atoms with Crippen LogP contribution in [0.2, 0.25) is 0 Å². The largest absolute Gasteiger partial charge is 0.294 e. The average molecular weight is 387 g/mol. The molecule has 0 N–H and O–H groups in total. The second kappa shape index (κ2) is 10.8. The summed E-state index contributed by atoms with van der Waals surface area (Å²) in [5, 5.41) is 0. The summed E-state index contributed by atoms with van der Waals surface area (Å²) in [6.45, 7) is 12.4. The fourth-order valence-corrected chi connectivity index (χ4v) is 3.69. The second-order valence-electron chi connectivity index (χ2n) is 8.14. The first-order chi connectivity index (χ1) is 13.8. The zero-order valence-corrected chi connectivity index (χ0v) is 18.8. The van der Waals surface area contributed by atoms with E-state index in [9.17, 15) is 4.79 Å². The maximum absolute atomic E-state index is 12.4. The molecular formula is C28H34O. The van der Waals surface area contributed by atoms with Crippen LogP contribution in [0.15, 0.2) is 59.7 Å². The number of hydrogen-bond donors (Lipinski definition) is 0. The molecule has 0 aliphatic heterocycles. The molecule has 2 aromatic rings. The lowest BCUT2D eigenvalue weighted by Crippen LogP contribution is -2.05. The smallest absolute Gasteiger partial charge is 0.160 e. The molecule has 0 saturated heterocycles. The van der Waals surface area contributed by atoms with Gasteiger partial charge in [0.15, 0.2) is 5.78 Å². The Kier molecular flexibility index (Phi) is 8.39. The molecule has 0 spiro atoms. The Labute approximate surface area is 176 Å². The summed E-state index contributed by atoms with van der Waals surface area (Å²) in [4.78, 5) is 12.4. The molecular weight excluding hydrogens is 352 g/mol. The number of carbonyl (C=O) groups is 1. The van der Waals surface area contributed by atoms with Crippen molar-refractivity contribution in [2.45, 2.75) is 60.8 Å². The third-order valence-corrected chi connectivity index (χ3v) is 5.32. The fourth-order valence-electron chi connectivity index (χ4n) is 3.69. The molecule has 1 nitrogen and oxygen atoms in total. The van der Waals surface area contributed by atoms with Crippen LogP contribution in [0.5, 0.6) is 0 Å². The highest BCUT2D eigenvalue weighted by molar-refractivity contribution is 6.00. The Morgan fingerprint density at radius 1 is 0.931 bits per heavy atom. The monoisotopic (exact) mass is 386 g/mol. The van der Waals surface area contributed by atoms with E-state index in [2.05, 4.69) is 77.1 Å². The number of ketones is 1. The third kappa shape index (κ3) is 6.71. The molecule has 1 heteroatoms. The Morgan fingerprint density at radius 2 is 1.62 bits per heavy atom. The summed E-state index contributed by atoms with van der Waals surface area (Å²) in [7, 11) is 0. The molecule has 29 heavy (non-hydrogen) atoms. The van der Waals surface area contributed by atoms with Gasteiger partial charge >= 0.3 is 0 Å². The van der Waals surface area contributed by atoms with Crippen molar-refractivity contribution < 1.29 is 4.79 Å². The predicted molar refractivity (Wildman–Crippen MR) is 127 cm³/mol. The SMILES string of the molecule is CC(=O)c1c(/C=C/c2ccccc2)cc(C)c(C/C=C(\C)CCC=C(C)C)c1C. The molecule has 0 aliphatic rings. The fraction of sp³-hybridized carbons (Fsp3) is 0.321. The van der Waals surface area contributed by atoms with Gasteiger partial charge in [-0.3, -0.25) is 4.79 Å². The predicted octanol–water partition coefficient (Wildman–Crippen LogP) is 7.91. The Morgan fingerprint density at radius 3 is 2.24 bits per heavy atom. The van der Waals surface area contributed by atoms with E-state index in [-0.39, 0.29) is 5.78 Å². The zero-order valence-electron chi connectivity index (χ0n) is 18.8. The van der Waals surface area contributed by atoms with Crippen molar-refractivity contribution in [3.05, 3.63) is 93.1 Å². The number of rotatable bonds is 8. The van der Waals surface area contributed by atoms with E-state index in [0.29, 0.717) is 0 Å². The minimum atomic E-state index is 0.126. The maximum atomic E-state index is 12.4. The number of aryl methyl sites for hydroxylation is 1. The van der Waals surface area contributed by atoms with E-state index in [1.807, 2.05) is 18.2 Å². The topological polar surface area (TPSA) is 17.1 Å². The van der Waals surface area contributed by atoms with Gasteiger partial charge in [-0.05, 0) is 88.6 Å². The number of Topliss-reactive ketones (excluding diaryl/α,β-unsaturated/α-hetero) is 1. The average Bonchev–Trinajstić information content (AvgIpc) is 2.66. The minimum Gasteiger partial charge on any atom is -0.294 e. The Balaban J connectivity index is 2.31. The third-order valence-electron chi connectivity index (χ3n) is 5.32. The van der Waals surface area contributed by atoms with E-state index in [1.54, 1.807) is 6.92 Å². The van der Waals surface area contributed by atoms with Crippen LogP contribution >= 0.6 is 0 Å². The van der Waals surface area contributed by atoms with E-state index in [4.69, 9.17) is 0 Å². The standard InChI is InChI=1S/C28H34O/c1-20(2)11-10-12-21(3)15-18-27-22(4)19-26(28(23(27)5)24(6)29)17-16-25-13-8-7-9-14-25/h7-9,11,13-17,19H,10,12,18H2,1-6H3/b17-16+,21-15+. The van der Waals surface area contributed by atoms with Gasteiger partial charge in [0.1, 0.15) is 0 Å². The van der Waals surface area contributed by atoms with Crippen LogP contribution in [0.1, 0.15) is 78.7 Å². The van der Waals surface area contributed by atoms with Crippen molar-refractivity contribution in [2.75, 3.05) is 0 Å². The van der Waals surface area contributed by atoms with Crippen molar-refractivity contribution in [1.82, 2.24) is 0 Å². The Bertz CT molecular complexity index is 936. The molecule has 0 atom stereocenters. The highest BCUT2D eigenvalue weighted by atomic mass is 16.1. The van der Waals surface area contributed by atoms with E-state index in [1.165, 1.54) is 22.3 Å². The quantitative estimate of drug-likeness (QED) is 0.256. The van der Waals surface area contributed by atoms with Crippen LogP contribution in [0.3, 0.4) is 0 Å². The summed E-state index contributed by atoms with van der Waals surface area (Å²) < 4.78 is 0. The lowest BCUT2D eigenvalue weighted by Gasteiger charge is -2.15. The van der Waals surface area contributed by atoms with Crippen molar-refractivity contribution >= 4 is 17.9 Å². The molecule has 2 rings (SSSR count). The molecule has 0 heterocycles. The maximum Gasteiger partial charge on any atom is 0.160 e. The van der Waals surface area contributed by atoms with Gasteiger partial charge in [0.25, 0.3) is 0 Å². The number of allylic oxidation sites excluding steroid dienone is 4. The van der Waals surface area contributed by atoms with Gasteiger partial charge in [0.05, 0.1) is 0 Å². The van der Waals surface area contributed by atoms with Crippen molar-refractivity contribution in [2.24, 2.45) is 0 Å². The van der Waals surface area contributed by atoms with Crippen molar-refractivity contribution in [1.29, 1.82) is 0 Å².